The van der Waals surface area contributed by atoms with Gasteiger partial charge in [-0.15, -0.1) is 0 Å². The van der Waals surface area contributed by atoms with Gasteiger partial charge in [0.2, 0.25) is 5.91 Å². The van der Waals surface area contributed by atoms with E-state index in [1.807, 2.05) is 35.2 Å². The summed E-state index contributed by atoms with van der Waals surface area (Å²) in [6.45, 7) is 1.26. The molecular weight excluding hydrogens is 326 g/mol. The van der Waals surface area contributed by atoms with E-state index in [-0.39, 0.29) is 24.9 Å². The van der Waals surface area contributed by atoms with Gasteiger partial charge in [0, 0.05) is 32.1 Å². The van der Waals surface area contributed by atoms with Crippen molar-refractivity contribution >= 4 is 5.91 Å². The lowest BCUT2D eigenvalue weighted by Gasteiger charge is -2.31. The molecule has 2 aromatic rings. The molecule has 2 unspecified atom stereocenters. The van der Waals surface area contributed by atoms with Gasteiger partial charge in [-0.2, -0.15) is 0 Å². The van der Waals surface area contributed by atoms with Crippen molar-refractivity contribution in [3.63, 3.8) is 0 Å². The Kier molecular flexibility index (Phi) is 5.40. The highest BCUT2D eigenvalue weighted by Crippen LogP contribution is 2.28. The van der Waals surface area contributed by atoms with Gasteiger partial charge < -0.3 is 10.4 Å². The lowest BCUT2D eigenvalue weighted by Crippen LogP contribution is -2.34. The quantitative estimate of drug-likeness (QED) is 0.895. The number of benzene rings is 2. The molecule has 1 fully saturated rings. The molecule has 6 heteroatoms. The number of carbonyl (C=O) groups excluding carboxylic acids is 1. The molecule has 0 aromatic heterocycles. The number of β-amino-alcohol motifs (C(OH)–C–C–N with tert-alkyl or cyclic N) is 1. The lowest BCUT2D eigenvalue weighted by atomic mass is 10.0. The Morgan fingerprint density at radius 1 is 1.16 bits per heavy atom. The predicted molar refractivity (Wildman–Crippen MR) is 89.7 cm³/mol. The molecule has 1 saturated heterocycles. The van der Waals surface area contributed by atoms with Crippen molar-refractivity contribution in [2.45, 2.75) is 18.6 Å². The molecule has 3 rings (SSSR count). The van der Waals surface area contributed by atoms with Gasteiger partial charge in [-0.3, -0.25) is 9.69 Å². The van der Waals surface area contributed by atoms with Crippen LogP contribution in [-0.4, -0.2) is 35.5 Å². The first kappa shape index (κ1) is 17.5. The molecule has 1 heterocycles. The number of aliphatic hydroxyl groups excluding tert-OH is 1. The average molecular weight is 346 g/mol. The zero-order valence-corrected chi connectivity index (χ0v) is 13.7. The third kappa shape index (κ3) is 4.21. The van der Waals surface area contributed by atoms with Crippen molar-refractivity contribution in [3.8, 4) is 0 Å². The Hall–Kier alpha value is -2.31. The van der Waals surface area contributed by atoms with Crippen LogP contribution >= 0.6 is 0 Å². The predicted octanol–water partition coefficient (Wildman–Crippen LogP) is 2.56. The molecule has 1 amide bonds. The van der Waals surface area contributed by atoms with Crippen molar-refractivity contribution in [1.29, 1.82) is 0 Å². The summed E-state index contributed by atoms with van der Waals surface area (Å²) in [7, 11) is 0. The van der Waals surface area contributed by atoms with Gasteiger partial charge in [0.05, 0.1) is 6.10 Å². The van der Waals surface area contributed by atoms with Gasteiger partial charge >= 0.3 is 0 Å². The third-order valence-electron chi connectivity index (χ3n) is 4.46. The summed E-state index contributed by atoms with van der Waals surface area (Å²) in [5.74, 6) is -1.97. The van der Waals surface area contributed by atoms with Crippen LogP contribution in [-0.2, 0) is 4.79 Å². The molecule has 0 bridgehead atoms. The maximum absolute atomic E-state index is 13.4. The van der Waals surface area contributed by atoms with E-state index < -0.39 is 17.7 Å². The van der Waals surface area contributed by atoms with E-state index in [0.29, 0.717) is 18.7 Å². The number of nitrogens with one attached hydrogen (secondary N) is 1. The highest BCUT2D eigenvalue weighted by atomic mass is 19.2. The number of halogens is 2. The molecule has 0 radical (unpaired) electrons. The van der Waals surface area contributed by atoms with Gasteiger partial charge in [0.15, 0.2) is 11.6 Å². The maximum atomic E-state index is 13.4. The molecule has 0 spiro atoms. The topological polar surface area (TPSA) is 52.6 Å². The number of hydrogen-bond acceptors (Lipinski definition) is 3. The van der Waals surface area contributed by atoms with Gasteiger partial charge in [-0.1, -0.05) is 36.4 Å². The second-order valence-corrected chi connectivity index (χ2v) is 6.16. The number of amides is 1. The van der Waals surface area contributed by atoms with E-state index in [1.165, 1.54) is 6.07 Å². The lowest BCUT2D eigenvalue weighted by molar-refractivity contribution is -0.121. The third-order valence-corrected chi connectivity index (χ3v) is 4.46. The van der Waals surface area contributed by atoms with Crippen LogP contribution in [0.2, 0.25) is 0 Å². The van der Waals surface area contributed by atoms with Crippen molar-refractivity contribution in [2.24, 2.45) is 0 Å². The Morgan fingerprint density at radius 3 is 2.64 bits per heavy atom. The molecule has 2 aromatic carbocycles. The maximum Gasteiger partial charge on any atom is 0.221 e. The van der Waals surface area contributed by atoms with E-state index >= 15 is 0 Å². The van der Waals surface area contributed by atoms with E-state index in [4.69, 9.17) is 0 Å². The van der Waals surface area contributed by atoms with Crippen molar-refractivity contribution < 1.29 is 18.7 Å². The molecule has 1 aliphatic rings. The number of hydrogen-bond donors (Lipinski definition) is 2. The molecule has 2 atom stereocenters. The Labute approximate surface area is 145 Å². The minimum atomic E-state index is -0.983. The van der Waals surface area contributed by atoms with Crippen molar-refractivity contribution in [2.75, 3.05) is 19.6 Å². The van der Waals surface area contributed by atoms with Crippen LogP contribution in [0.25, 0.3) is 0 Å². The van der Waals surface area contributed by atoms with Gasteiger partial charge in [0.1, 0.15) is 0 Å². The first-order chi connectivity index (χ1) is 12.0. The minimum absolute atomic E-state index is 0.0429. The molecule has 1 aliphatic heterocycles. The second kappa shape index (κ2) is 7.72. The SMILES string of the molecule is O=C1CC(c2ccccc2)N(CC(O)c2ccc(F)c(F)c2)CCN1. The van der Waals surface area contributed by atoms with E-state index in [2.05, 4.69) is 5.32 Å². The molecule has 132 valence electrons. The van der Waals surface area contributed by atoms with Crippen molar-refractivity contribution in [3.05, 3.63) is 71.3 Å². The fourth-order valence-corrected chi connectivity index (χ4v) is 3.14. The molecule has 2 N–H and O–H groups in total. The summed E-state index contributed by atoms with van der Waals surface area (Å²) in [6.07, 6.45) is -0.691. The normalized spacial score (nSPS) is 20.0. The Morgan fingerprint density at radius 2 is 1.92 bits per heavy atom. The first-order valence-corrected chi connectivity index (χ1v) is 8.23. The highest BCUT2D eigenvalue weighted by molar-refractivity contribution is 5.77. The smallest absolute Gasteiger partial charge is 0.221 e. The number of rotatable bonds is 4. The monoisotopic (exact) mass is 346 g/mol. The molecule has 4 nitrogen and oxygen atoms in total. The summed E-state index contributed by atoms with van der Waals surface area (Å²) in [6, 6.07) is 12.8. The minimum Gasteiger partial charge on any atom is -0.387 e. The van der Waals surface area contributed by atoms with Gasteiger partial charge in [-0.05, 0) is 23.3 Å². The highest BCUT2D eigenvalue weighted by Gasteiger charge is 2.28. The summed E-state index contributed by atoms with van der Waals surface area (Å²) in [4.78, 5) is 14.0. The second-order valence-electron chi connectivity index (χ2n) is 6.16. The van der Waals surface area contributed by atoms with Crippen LogP contribution in [0.5, 0.6) is 0 Å². The standard InChI is InChI=1S/C19H20F2N2O2/c20-15-7-6-14(10-16(15)21)18(24)12-23-9-8-22-19(25)11-17(23)13-4-2-1-3-5-13/h1-7,10,17-18,24H,8-9,11-12H2,(H,22,25). The Balaban J connectivity index is 1.81. The molecule has 0 aliphatic carbocycles. The van der Waals surface area contributed by atoms with Crippen molar-refractivity contribution in [1.82, 2.24) is 10.2 Å². The van der Waals surface area contributed by atoms with Gasteiger partial charge in [0.25, 0.3) is 0 Å². The summed E-state index contributed by atoms with van der Waals surface area (Å²) in [5, 5.41) is 13.3. The fourth-order valence-electron chi connectivity index (χ4n) is 3.14. The van der Waals surface area contributed by atoms with E-state index in [0.717, 1.165) is 17.7 Å². The number of nitrogens with zero attached hydrogens (tertiary/aromatic N) is 1. The van der Waals surface area contributed by atoms with Crippen LogP contribution in [0.3, 0.4) is 0 Å². The van der Waals surface area contributed by atoms with Gasteiger partial charge in [-0.25, -0.2) is 8.78 Å². The van der Waals surface area contributed by atoms with E-state index in [9.17, 15) is 18.7 Å². The molecule has 0 saturated carbocycles. The van der Waals surface area contributed by atoms with Crippen LogP contribution in [0, 0.1) is 11.6 Å². The van der Waals surface area contributed by atoms with Crippen LogP contribution in [0.1, 0.15) is 29.7 Å². The first-order valence-electron chi connectivity index (χ1n) is 8.23. The van der Waals surface area contributed by atoms with Crippen LogP contribution < -0.4 is 5.32 Å². The van der Waals surface area contributed by atoms with Crippen LogP contribution in [0.15, 0.2) is 48.5 Å². The molecular formula is C19H20F2N2O2. The van der Waals surface area contributed by atoms with E-state index in [1.54, 1.807) is 0 Å². The summed E-state index contributed by atoms with van der Waals surface area (Å²) >= 11 is 0. The van der Waals surface area contributed by atoms with Crippen LogP contribution in [0.4, 0.5) is 8.78 Å². The number of carbonyl (C=O) groups is 1. The summed E-state index contributed by atoms with van der Waals surface area (Å²) < 4.78 is 26.5. The Bertz CT molecular complexity index is 739. The largest absolute Gasteiger partial charge is 0.387 e. The summed E-state index contributed by atoms with van der Waals surface area (Å²) in [5.41, 5.74) is 1.30. The fraction of sp³-hybridized carbons (Fsp3) is 0.316. The molecule has 25 heavy (non-hydrogen) atoms. The zero-order chi connectivity index (χ0) is 17.8. The number of aliphatic hydroxyl groups is 1. The zero-order valence-electron chi connectivity index (χ0n) is 13.7. The average Bonchev–Trinajstić information content (AvgIpc) is 2.79.